The van der Waals surface area contributed by atoms with Crippen molar-refractivity contribution in [3.63, 3.8) is 0 Å². The van der Waals surface area contributed by atoms with E-state index in [1.807, 2.05) is 6.07 Å². The van der Waals surface area contributed by atoms with Gasteiger partial charge < -0.3 is 5.73 Å². The molecule has 0 saturated carbocycles. The average molecular weight is 270 g/mol. The summed E-state index contributed by atoms with van der Waals surface area (Å²) in [4.78, 5) is 10.1. The quantitative estimate of drug-likeness (QED) is 0.657. The van der Waals surface area contributed by atoms with Gasteiger partial charge in [-0.1, -0.05) is 15.9 Å². The summed E-state index contributed by atoms with van der Waals surface area (Å²) in [5.41, 5.74) is 4.76. The lowest BCUT2D eigenvalue weighted by molar-refractivity contribution is -0.385. The number of nitro groups is 1. The van der Waals surface area contributed by atoms with Crippen molar-refractivity contribution in [3.05, 3.63) is 38.3 Å². The van der Waals surface area contributed by atoms with Crippen LogP contribution in [0.2, 0.25) is 0 Å². The predicted molar refractivity (Wildman–Crippen MR) is 57.9 cm³/mol. The summed E-state index contributed by atoms with van der Waals surface area (Å²) in [6.45, 7) is 1.50. The van der Waals surface area contributed by atoms with Gasteiger partial charge in [-0.05, 0) is 18.6 Å². The summed E-state index contributed by atoms with van der Waals surface area (Å²) in [6.07, 6.45) is 0. The van der Waals surface area contributed by atoms with E-state index in [2.05, 4.69) is 15.9 Å². The van der Waals surface area contributed by atoms with Gasteiger partial charge in [0.1, 0.15) is 5.54 Å². The van der Waals surface area contributed by atoms with Gasteiger partial charge in [-0.25, -0.2) is 0 Å². The third kappa shape index (κ3) is 2.52. The van der Waals surface area contributed by atoms with Gasteiger partial charge in [0.05, 0.1) is 11.0 Å². The minimum Gasteiger partial charge on any atom is -0.310 e. The fraction of sp³-hybridized carbons (Fsp3) is 0.222. The van der Waals surface area contributed by atoms with E-state index in [1.54, 1.807) is 6.07 Å². The Morgan fingerprint density at radius 3 is 2.67 bits per heavy atom. The number of non-ortho nitro benzene ring substituents is 1. The summed E-state index contributed by atoms with van der Waals surface area (Å²) in [5, 5.41) is 19.4. The fourth-order valence-electron chi connectivity index (χ4n) is 1.04. The molecule has 5 nitrogen and oxygen atoms in total. The molecule has 2 N–H and O–H groups in total. The van der Waals surface area contributed by atoms with Gasteiger partial charge in [0.15, 0.2) is 0 Å². The van der Waals surface area contributed by atoms with Crippen molar-refractivity contribution in [3.8, 4) is 6.07 Å². The van der Waals surface area contributed by atoms with Crippen LogP contribution in [0.15, 0.2) is 22.7 Å². The highest BCUT2D eigenvalue weighted by Crippen LogP contribution is 2.26. The molecule has 1 rings (SSSR count). The van der Waals surface area contributed by atoms with E-state index >= 15 is 0 Å². The van der Waals surface area contributed by atoms with Gasteiger partial charge in [-0.2, -0.15) is 5.26 Å². The molecule has 0 heterocycles. The number of nitrogens with two attached hydrogens (primary N) is 1. The molecule has 15 heavy (non-hydrogen) atoms. The Morgan fingerprint density at radius 1 is 1.60 bits per heavy atom. The lowest BCUT2D eigenvalue weighted by Crippen LogP contribution is -2.30. The van der Waals surface area contributed by atoms with Crippen LogP contribution >= 0.6 is 15.9 Å². The summed E-state index contributed by atoms with van der Waals surface area (Å²) in [6, 6.07) is 6.14. The summed E-state index contributed by atoms with van der Waals surface area (Å²) < 4.78 is 0.527. The van der Waals surface area contributed by atoms with Crippen molar-refractivity contribution in [2.24, 2.45) is 5.73 Å². The second kappa shape index (κ2) is 3.96. The molecule has 6 heteroatoms. The zero-order valence-corrected chi connectivity index (χ0v) is 9.48. The minimum atomic E-state index is -1.23. The van der Waals surface area contributed by atoms with Gasteiger partial charge in [-0.3, -0.25) is 10.1 Å². The van der Waals surface area contributed by atoms with Crippen LogP contribution in [0.25, 0.3) is 0 Å². The van der Waals surface area contributed by atoms with Crippen molar-refractivity contribution < 1.29 is 4.92 Å². The third-order valence-electron chi connectivity index (χ3n) is 1.93. The number of halogens is 1. The predicted octanol–water partition coefficient (Wildman–Crippen LogP) is 2.05. The molecule has 78 valence electrons. The Balaban J connectivity index is 3.34. The van der Waals surface area contributed by atoms with Crippen LogP contribution in [-0.2, 0) is 5.54 Å². The van der Waals surface area contributed by atoms with Crippen LogP contribution < -0.4 is 5.73 Å². The Bertz CT molecular complexity index is 451. The first-order valence-electron chi connectivity index (χ1n) is 4.02. The first-order valence-corrected chi connectivity index (χ1v) is 4.82. The molecule has 0 fully saturated rings. The maximum atomic E-state index is 10.6. The van der Waals surface area contributed by atoms with Gasteiger partial charge in [-0.15, -0.1) is 0 Å². The molecule has 0 radical (unpaired) electrons. The maximum Gasteiger partial charge on any atom is 0.270 e. The normalized spacial score (nSPS) is 14.0. The van der Waals surface area contributed by atoms with E-state index in [0.717, 1.165) is 0 Å². The molecule has 0 saturated heterocycles. The highest BCUT2D eigenvalue weighted by atomic mass is 79.9. The van der Waals surface area contributed by atoms with Gasteiger partial charge >= 0.3 is 0 Å². The van der Waals surface area contributed by atoms with E-state index < -0.39 is 10.5 Å². The second-order valence-electron chi connectivity index (χ2n) is 3.27. The lowest BCUT2D eigenvalue weighted by atomic mass is 9.95. The molecule has 0 aliphatic rings. The van der Waals surface area contributed by atoms with Crippen molar-refractivity contribution in [2.75, 3.05) is 0 Å². The molecule has 1 atom stereocenters. The largest absolute Gasteiger partial charge is 0.310 e. The van der Waals surface area contributed by atoms with Crippen molar-refractivity contribution in [1.29, 1.82) is 5.26 Å². The van der Waals surface area contributed by atoms with E-state index in [9.17, 15) is 10.1 Å². The highest BCUT2D eigenvalue weighted by molar-refractivity contribution is 9.10. The third-order valence-corrected chi connectivity index (χ3v) is 2.38. The number of nitro benzene ring substituents is 1. The first kappa shape index (κ1) is 11.6. The van der Waals surface area contributed by atoms with E-state index in [4.69, 9.17) is 11.0 Å². The number of hydrogen-bond donors (Lipinski definition) is 1. The SMILES string of the molecule is C[C@](N)(C#N)c1cc(Br)cc([N+](=O)[O-])c1. The van der Waals surface area contributed by atoms with Crippen LogP contribution in [0, 0.1) is 21.4 Å². The van der Waals surface area contributed by atoms with Crippen LogP contribution in [-0.4, -0.2) is 4.92 Å². The smallest absolute Gasteiger partial charge is 0.270 e. The van der Waals surface area contributed by atoms with Crippen molar-refractivity contribution >= 4 is 21.6 Å². The number of benzene rings is 1. The average Bonchev–Trinajstić information content (AvgIpc) is 2.16. The number of nitriles is 1. The first-order chi connectivity index (χ1) is 6.86. The molecule has 0 aliphatic heterocycles. The zero-order chi connectivity index (χ0) is 11.6. The lowest BCUT2D eigenvalue weighted by Gasteiger charge is -2.15. The van der Waals surface area contributed by atoms with Crippen LogP contribution in [0.1, 0.15) is 12.5 Å². The van der Waals surface area contributed by atoms with E-state index in [1.165, 1.54) is 19.1 Å². The minimum absolute atomic E-state index is 0.0914. The molecule has 0 aromatic heterocycles. The molecular formula is C9H8BrN3O2. The number of nitrogens with zero attached hydrogens (tertiary/aromatic N) is 2. The van der Waals surface area contributed by atoms with Crippen LogP contribution in [0.3, 0.4) is 0 Å². The van der Waals surface area contributed by atoms with Gasteiger partial charge in [0.2, 0.25) is 0 Å². The molecule has 0 bridgehead atoms. The molecule has 1 aromatic rings. The molecule has 0 unspecified atom stereocenters. The molecule has 0 amide bonds. The molecule has 0 spiro atoms. The Hall–Kier alpha value is -1.45. The van der Waals surface area contributed by atoms with Crippen molar-refractivity contribution in [1.82, 2.24) is 0 Å². The zero-order valence-electron chi connectivity index (χ0n) is 7.90. The topological polar surface area (TPSA) is 93.0 Å². The summed E-state index contributed by atoms with van der Waals surface area (Å²) >= 11 is 3.13. The number of hydrogen-bond acceptors (Lipinski definition) is 4. The Kier molecular flexibility index (Phi) is 3.07. The Morgan fingerprint density at radius 2 is 2.20 bits per heavy atom. The highest BCUT2D eigenvalue weighted by Gasteiger charge is 2.23. The van der Waals surface area contributed by atoms with E-state index in [-0.39, 0.29) is 5.69 Å². The monoisotopic (exact) mass is 269 g/mol. The van der Waals surface area contributed by atoms with Gasteiger partial charge in [0.25, 0.3) is 5.69 Å². The summed E-state index contributed by atoms with van der Waals surface area (Å²) in [5.74, 6) is 0. The fourth-order valence-corrected chi connectivity index (χ4v) is 1.53. The van der Waals surface area contributed by atoms with E-state index in [0.29, 0.717) is 10.0 Å². The standard InChI is InChI=1S/C9H8BrN3O2/c1-9(12,5-11)6-2-7(10)4-8(3-6)13(14)15/h2-4H,12H2,1H3/t9-/m0/s1. The van der Waals surface area contributed by atoms with Crippen molar-refractivity contribution in [2.45, 2.75) is 12.5 Å². The second-order valence-corrected chi connectivity index (χ2v) is 4.19. The van der Waals surface area contributed by atoms with Gasteiger partial charge in [0, 0.05) is 16.6 Å². The molecule has 0 aliphatic carbocycles. The number of rotatable bonds is 2. The molecule has 1 aromatic carbocycles. The Labute approximate surface area is 94.8 Å². The molecular weight excluding hydrogens is 262 g/mol. The maximum absolute atomic E-state index is 10.6. The van der Waals surface area contributed by atoms with Crippen LogP contribution in [0.5, 0.6) is 0 Å². The summed E-state index contributed by atoms with van der Waals surface area (Å²) in [7, 11) is 0. The van der Waals surface area contributed by atoms with Crippen LogP contribution in [0.4, 0.5) is 5.69 Å².